The summed E-state index contributed by atoms with van der Waals surface area (Å²) < 4.78 is 6.69. The predicted molar refractivity (Wildman–Crippen MR) is 80.5 cm³/mol. The zero-order valence-corrected chi connectivity index (χ0v) is 12.2. The Hall–Kier alpha value is -2.23. The molecule has 1 aromatic heterocycles. The summed E-state index contributed by atoms with van der Waals surface area (Å²) in [6, 6.07) is 5.98. The molecule has 0 saturated carbocycles. The van der Waals surface area contributed by atoms with Crippen molar-refractivity contribution in [3.05, 3.63) is 63.8 Å². The van der Waals surface area contributed by atoms with Gasteiger partial charge in [-0.1, -0.05) is 12.6 Å². The van der Waals surface area contributed by atoms with Crippen molar-refractivity contribution in [3.8, 4) is 5.69 Å². The minimum atomic E-state index is -0.0154. The lowest BCUT2D eigenvalue weighted by Gasteiger charge is -2.05. The van der Waals surface area contributed by atoms with E-state index in [4.69, 9.17) is 4.74 Å². The van der Waals surface area contributed by atoms with Gasteiger partial charge in [-0.3, -0.25) is 9.89 Å². The number of hydrogen-bond donors (Lipinski definition) is 1. The summed E-state index contributed by atoms with van der Waals surface area (Å²) in [5, 5.41) is 3.13. The molecule has 4 nitrogen and oxygen atoms in total. The molecule has 0 fully saturated rings. The predicted octanol–water partition coefficient (Wildman–Crippen LogP) is 2.79. The van der Waals surface area contributed by atoms with Crippen LogP contribution in [0.1, 0.15) is 22.4 Å². The number of aromatic nitrogens is 2. The van der Waals surface area contributed by atoms with Gasteiger partial charge in [0.05, 0.1) is 18.6 Å². The van der Waals surface area contributed by atoms with Gasteiger partial charge < -0.3 is 4.74 Å². The summed E-state index contributed by atoms with van der Waals surface area (Å²) in [6.45, 7) is 9.96. The van der Waals surface area contributed by atoms with Crippen LogP contribution in [0.15, 0.2) is 35.8 Å². The minimum absolute atomic E-state index is 0.0154. The summed E-state index contributed by atoms with van der Waals surface area (Å²) in [7, 11) is 0. The van der Waals surface area contributed by atoms with Crippen molar-refractivity contribution in [1.29, 1.82) is 0 Å². The Morgan fingerprint density at radius 3 is 2.70 bits per heavy atom. The van der Waals surface area contributed by atoms with Crippen LogP contribution < -0.4 is 5.56 Å². The zero-order valence-electron chi connectivity index (χ0n) is 12.2. The molecule has 4 heteroatoms. The van der Waals surface area contributed by atoms with Crippen molar-refractivity contribution in [3.63, 3.8) is 0 Å². The molecule has 20 heavy (non-hydrogen) atoms. The lowest BCUT2D eigenvalue weighted by Crippen LogP contribution is -2.18. The van der Waals surface area contributed by atoms with Crippen LogP contribution in [0, 0.1) is 20.8 Å². The highest BCUT2D eigenvalue weighted by Gasteiger charge is 2.12. The van der Waals surface area contributed by atoms with E-state index in [1.54, 1.807) is 4.68 Å². The second kappa shape index (κ2) is 5.82. The van der Waals surface area contributed by atoms with Crippen LogP contribution in [0.25, 0.3) is 5.69 Å². The van der Waals surface area contributed by atoms with Crippen LogP contribution in [0.4, 0.5) is 0 Å². The van der Waals surface area contributed by atoms with Gasteiger partial charge in [-0.2, -0.15) is 0 Å². The molecule has 106 valence electrons. The summed E-state index contributed by atoms with van der Waals surface area (Å²) >= 11 is 0. The van der Waals surface area contributed by atoms with Crippen molar-refractivity contribution >= 4 is 0 Å². The fourth-order valence-corrected chi connectivity index (χ4v) is 2.17. The highest BCUT2D eigenvalue weighted by Crippen LogP contribution is 2.13. The molecule has 2 aromatic rings. The van der Waals surface area contributed by atoms with Crippen molar-refractivity contribution in [2.24, 2.45) is 0 Å². The molecule has 2 rings (SSSR count). The normalized spacial score (nSPS) is 10.6. The van der Waals surface area contributed by atoms with E-state index in [9.17, 15) is 4.79 Å². The number of aromatic amines is 1. The number of nitrogens with zero attached hydrogens (tertiary/aromatic N) is 1. The van der Waals surface area contributed by atoms with Gasteiger partial charge >= 0.3 is 0 Å². The molecule has 1 N–H and O–H groups in total. The molecule has 1 aromatic carbocycles. The van der Waals surface area contributed by atoms with Crippen molar-refractivity contribution in [1.82, 2.24) is 9.78 Å². The summed E-state index contributed by atoms with van der Waals surface area (Å²) in [5.74, 6) is 0. The fourth-order valence-electron chi connectivity index (χ4n) is 2.17. The Bertz CT molecular complexity index is 680. The molecule has 0 radical (unpaired) electrons. The summed E-state index contributed by atoms with van der Waals surface area (Å²) in [5.41, 5.74) is 4.85. The number of H-pyrrole nitrogens is 1. The first kappa shape index (κ1) is 14.2. The molecule has 0 saturated heterocycles. The van der Waals surface area contributed by atoms with Crippen LogP contribution in [0.2, 0.25) is 0 Å². The molecule has 0 amide bonds. The lowest BCUT2D eigenvalue weighted by molar-refractivity contribution is 0.254. The molecule has 1 heterocycles. The Labute approximate surface area is 118 Å². The van der Waals surface area contributed by atoms with E-state index in [1.165, 1.54) is 11.8 Å². The fraction of sp³-hybridized carbons (Fsp3) is 0.312. The molecule has 0 spiro atoms. The van der Waals surface area contributed by atoms with E-state index in [2.05, 4.69) is 18.6 Å². The Kier molecular flexibility index (Phi) is 4.13. The summed E-state index contributed by atoms with van der Waals surface area (Å²) in [4.78, 5) is 12.4. The van der Waals surface area contributed by atoms with Crippen LogP contribution in [-0.4, -0.2) is 16.4 Å². The smallest absolute Gasteiger partial charge is 0.274 e. The first-order valence-corrected chi connectivity index (χ1v) is 6.65. The van der Waals surface area contributed by atoms with Gasteiger partial charge in [0, 0.05) is 17.7 Å². The van der Waals surface area contributed by atoms with E-state index >= 15 is 0 Å². The van der Waals surface area contributed by atoms with Gasteiger partial charge in [0.2, 0.25) is 0 Å². The van der Waals surface area contributed by atoms with E-state index < -0.39 is 0 Å². The van der Waals surface area contributed by atoms with E-state index in [1.807, 2.05) is 32.0 Å². The molecule has 0 aliphatic rings. The van der Waals surface area contributed by atoms with Gasteiger partial charge in [0.25, 0.3) is 5.56 Å². The van der Waals surface area contributed by atoms with Gasteiger partial charge in [0.1, 0.15) is 0 Å². The van der Waals surface area contributed by atoms with E-state index in [0.29, 0.717) is 13.0 Å². The molecule has 0 bridgehead atoms. The molecule has 0 aliphatic heterocycles. The number of hydrogen-bond acceptors (Lipinski definition) is 2. The van der Waals surface area contributed by atoms with Crippen LogP contribution in [-0.2, 0) is 11.2 Å². The standard InChI is InChI=1S/C16H20N2O2/c1-5-20-9-8-15-13(4)17-18(16(15)19)14-7-6-11(2)12(3)10-14/h5-7,10,17H,1,8-9H2,2-4H3. The van der Waals surface area contributed by atoms with Crippen LogP contribution >= 0.6 is 0 Å². The van der Waals surface area contributed by atoms with Gasteiger partial charge in [-0.15, -0.1) is 0 Å². The second-order valence-corrected chi connectivity index (χ2v) is 4.91. The second-order valence-electron chi connectivity index (χ2n) is 4.91. The highest BCUT2D eigenvalue weighted by molar-refractivity contribution is 5.40. The first-order valence-electron chi connectivity index (χ1n) is 6.65. The molecule has 0 aliphatic carbocycles. The maximum absolute atomic E-state index is 12.4. The Morgan fingerprint density at radius 1 is 1.30 bits per heavy atom. The van der Waals surface area contributed by atoms with Gasteiger partial charge in [-0.05, 0) is 44.0 Å². The monoisotopic (exact) mass is 272 g/mol. The average Bonchev–Trinajstić information content (AvgIpc) is 2.70. The molecular weight excluding hydrogens is 252 g/mol. The van der Waals surface area contributed by atoms with Crippen molar-refractivity contribution < 1.29 is 4.74 Å². The SMILES string of the molecule is C=COCCc1c(C)[nH]n(-c2ccc(C)c(C)c2)c1=O. The minimum Gasteiger partial charge on any atom is -0.501 e. The molecule has 0 atom stereocenters. The zero-order chi connectivity index (χ0) is 14.7. The number of aryl methyl sites for hydroxylation is 3. The number of nitrogens with one attached hydrogen (secondary N) is 1. The number of rotatable bonds is 5. The van der Waals surface area contributed by atoms with Gasteiger partial charge in [-0.25, -0.2) is 4.68 Å². The van der Waals surface area contributed by atoms with Crippen molar-refractivity contribution in [2.75, 3.05) is 6.61 Å². The first-order chi connectivity index (χ1) is 9.54. The van der Waals surface area contributed by atoms with Crippen LogP contribution in [0.5, 0.6) is 0 Å². The average molecular weight is 272 g/mol. The van der Waals surface area contributed by atoms with Crippen molar-refractivity contribution in [2.45, 2.75) is 27.2 Å². The summed E-state index contributed by atoms with van der Waals surface area (Å²) in [6.07, 6.45) is 1.97. The molecular formula is C16H20N2O2. The third kappa shape index (κ3) is 2.69. The molecule has 0 unspecified atom stereocenters. The van der Waals surface area contributed by atoms with Gasteiger partial charge in [0.15, 0.2) is 0 Å². The highest BCUT2D eigenvalue weighted by atomic mass is 16.5. The quantitative estimate of drug-likeness (QED) is 0.672. The Morgan fingerprint density at radius 2 is 2.05 bits per heavy atom. The van der Waals surface area contributed by atoms with E-state index in [-0.39, 0.29) is 5.56 Å². The van der Waals surface area contributed by atoms with Crippen LogP contribution in [0.3, 0.4) is 0 Å². The number of ether oxygens (including phenoxy) is 1. The lowest BCUT2D eigenvalue weighted by atomic mass is 10.1. The third-order valence-corrected chi connectivity index (χ3v) is 3.53. The third-order valence-electron chi connectivity index (χ3n) is 3.53. The largest absolute Gasteiger partial charge is 0.501 e. The topological polar surface area (TPSA) is 47.0 Å². The number of benzene rings is 1. The van der Waals surface area contributed by atoms with E-state index in [0.717, 1.165) is 22.5 Å². The Balaban J connectivity index is 2.38. The maximum atomic E-state index is 12.4. The maximum Gasteiger partial charge on any atom is 0.274 e.